The van der Waals surface area contributed by atoms with E-state index in [0.29, 0.717) is 26.3 Å². The van der Waals surface area contributed by atoms with Gasteiger partial charge in [-0.3, -0.25) is 0 Å². The van der Waals surface area contributed by atoms with Crippen LogP contribution >= 0.6 is 22.9 Å². The number of urea groups is 1. The fourth-order valence-electron chi connectivity index (χ4n) is 1.39. The molecule has 0 bridgehead atoms. The molecular formula is C12H19ClN2O2S. The molecule has 0 spiro atoms. The highest BCUT2D eigenvalue weighted by atomic mass is 35.5. The monoisotopic (exact) mass is 290 g/mol. The molecule has 1 heterocycles. The highest BCUT2D eigenvalue weighted by molar-refractivity contribution is 7.16. The summed E-state index contributed by atoms with van der Waals surface area (Å²) in [5.41, 5.74) is 0. The molecule has 0 aliphatic rings. The number of nitrogens with one attached hydrogen (secondary N) is 1. The summed E-state index contributed by atoms with van der Waals surface area (Å²) in [5, 5.41) is 2.85. The smallest absolute Gasteiger partial charge is 0.317 e. The fourth-order valence-corrected chi connectivity index (χ4v) is 2.53. The van der Waals surface area contributed by atoms with Crippen LogP contribution in [0.1, 0.15) is 18.2 Å². The quantitative estimate of drug-likeness (QED) is 0.785. The summed E-state index contributed by atoms with van der Waals surface area (Å²) in [6.07, 6.45) is 0.832. The number of hydrogen-bond donors (Lipinski definition) is 1. The normalized spacial score (nSPS) is 10.4. The topological polar surface area (TPSA) is 41.6 Å². The molecule has 1 N–H and O–H groups in total. The predicted molar refractivity (Wildman–Crippen MR) is 75.3 cm³/mol. The highest BCUT2D eigenvalue weighted by Gasteiger charge is 2.09. The summed E-state index contributed by atoms with van der Waals surface area (Å²) < 4.78 is 5.94. The molecule has 1 rings (SSSR count). The van der Waals surface area contributed by atoms with Crippen LogP contribution in [0, 0.1) is 0 Å². The first kappa shape index (κ1) is 15.3. The van der Waals surface area contributed by atoms with Crippen LogP contribution in [0.5, 0.6) is 0 Å². The van der Waals surface area contributed by atoms with Crippen molar-refractivity contribution < 1.29 is 9.53 Å². The van der Waals surface area contributed by atoms with Crippen molar-refractivity contribution in [2.24, 2.45) is 0 Å². The van der Waals surface area contributed by atoms with Gasteiger partial charge in [0.2, 0.25) is 0 Å². The van der Waals surface area contributed by atoms with Crippen molar-refractivity contribution in [3.63, 3.8) is 0 Å². The number of carbonyl (C=O) groups excluding carboxylic acids is 1. The van der Waals surface area contributed by atoms with Gasteiger partial charge in [0.25, 0.3) is 0 Å². The Morgan fingerprint density at radius 2 is 2.33 bits per heavy atom. The van der Waals surface area contributed by atoms with Crippen LogP contribution in [0.3, 0.4) is 0 Å². The first-order chi connectivity index (χ1) is 8.63. The molecule has 1 aromatic rings. The van der Waals surface area contributed by atoms with Gasteiger partial charge in [-0.15, -0.1) is 11.3 Å². The van der Waals surface area contributed by atoms with E-state index in [4.69, 9.17) is 16.3 Å². The van der Waals surface area contributed by atoms with Crippen molar-refractivity contribution in [1.82, 2.24) is 10.2 Å². The molecule has 4 nitrogen and oxygen atoms in total. The number of hydrogen-bond acceptors (Lipinski definition) is 3. The lowest BCUT2D eigenvalue weighted by Gasteiger charge is -2.17. The number of rotatable bonds is 7. The number of ether oxygens (including phenoxy) is 1. The van der Waals surface area contributed by atoms with E-state index >= 15 is 0 Å². The van der Waals surface area contributed by atoms with Crippen LogP contribution in [-0.4, -0.2) is 37.7 Å². The lowest BCUT2D eigenvalue weighted by Crippen LogP contribution is -2.37. The molecule has 0 saturated heterocycles. The van der Waals surface area contributed by atoms with Gasteiger partial charge < -0.3 is 15.0 Å². The van der Waals surface area contributed by atoms with Crippen molar-refractivity contribution >= 4 is 29.0 Å². The van der Waals surface area contributed by atoms with E-state index in [2.05, 4.69) is 5.32 Å². The molecule has 2 amide bonds. The number of carbonyl (C=O) groups is 1. The lowest BCUT2D eigenvalue weighted by atomic mass is 10.4. The summed E-state index contributed by atoms with van der Waals surface area (Å²) in [6.45, 7) is 4.57. The van der Waals surface area contributed by atoms with Gasteiger partial charge in [-0.05, 0) is 25.5 Å². The second kappa shape index (κ2) is 8.34. The maximum atomic E-state index is 11.7. The van der Waals surface area contributed by atoms with Crippen LogP contribution in [0.25, 0.3) is 0 Å². The summed E-state index contributed by atoms with van der Waals surface area (Å²) >= 11 is 7.33. The molecule has 0 aliphatic carbocycles. The van der Waals surface area contributed by atoms with Gasteiger partial charge in [0.1, 0.15) is 0 Å². The van der Waals surface area contributed by atoms with Gasteiger partial charge in [0, 0.05) is 31.7 Å². The molecule has 18 heavy (non-hydrogen) atoms. The van der Waals surface area contributed by atoms with E-state index in [1.54, 1.807) is 11.9 Å². The second-order valence-electron chi connectivity index (χ2n) is 3.84. The van der Waals surface area contributed by atoms with E-state index in [0.717, 1.165) is 15.6 Å². The number of thiophene rings is 1. The summed E-state index contributed by atoms with van der Waals surface area (Å²) in [7, 11) is 1.77. The molecule has 0 atom stereocenters. The van der Waals surface area contributed by atoms with E-state index in [1.807, 2.05) is 19.1 Å². The van der Waals surface area contributed by atoms with Gasteiger partial charge >= 0.3 is 6.03 Å². The molecule has 0 saturated carbocycles. The maximum absolute atomic E-state index is 11.7. The third-order valence-electron chi connectivity index (χ3n) is 2.31. The Morgan fingerprint density at radius 3 is 2.94 bits per heavy atom. The Morgan fingerprint density at radius 1 is 1.56 bits per heavy atom. The van der Waals surface area contributed by atoms with E-state index in [-0.39, 0.29) is 6.03 Å². The number of halogens is 1. The molecule has 6 heteroatoms. The minimum Gasteiger partial charge on any atom is -0.382 e. The third kappa shape index (κ3) is 5.71. The van der Waals surface area contributed by atoms with E-state index in [9.17, 15) is 4.79 Å². The van der Waals surface area contributed by atoms with Gasteiger partial charge in [-0.1, -0.05) is 11.6 Å². The van der Waals surface area contributed by atoms with E-state index < -0.39 is 0 Å². The molecule has 0 aliphatic heterocycles. The van der Waals surface area contributed by atoms with Crippen molar-refractivity contribution in [3.8, 4) is 0 Å². The Balaban J connectivity index is 2.20. The van der Waals surface area contributed by atoms with E-state index in [1.165, 1.54) is 11.3 Å². The fraction of sp³-hybridized carbons (Fsp3) is 0.583. The van der Waals surface area contributed by atoms with Gasteiger partial charge in [0.05, 0.1) is 10.9 Å². The van der Waals surface area contributed by atoms with Crippen molar-refractivity contribution in [2.75, 3.05) is 26.8 Å². The number of amides is 2. The first-order valence-electron chi connectivity index (χ1n) is 5.94. The van der Waals surface area contributed by atoms with Crippen molar-refractivity contribution in [2.45, 2.75) is 19.9 Å². The summed E-state index contributed by atoms with van der Waals surface area (Å²) in [4.78, 5) is 14.5. The van der Waals surface area contributed by atoms with Crippen LogP contribution in [0.4, 0.5) is 4.79 Å². The van der Waals surface area contributed by atoms with Crippen LogP contribution in [0.15, 0.2) is 12.1 Å². The standard InChI is InChI=1S/C12H19ClN2O2S/c1-3-17-8-4-7-14-12(16)15(2)9-10-5-6-11(13)18-10/h5-6H,3-4,7-9H2,1-2H3,(H,14,16). The molecule has 102 valence electrons. The minimum absolute atomic E-state index is 0.0731. The second-order valence-corrected chi connectivity index (χ2v) is 5.64. The van der Waals surface area contributed by atoms with Crippen LogP contribution in [0.2, 0.25) is 4.34 Å². The van der Waals surface area contributed by atoms with Crippen molar-refractivity contribution in [1.29, 1.82) is 0 Å². The molecule has 0 radical (unpaired) electrons. The largest absolute Gasteiger partial charge is 0.382 e. The first-order valence-corrected chi connectivity index (χ1v) is 7.14. The average molecular weight is 291 g/mol. The van der Waals surface area contributed by atoms with Crippen LogP contribution < -0.4 is 5.32 Å². The molecule has 0 unspecified atom stereocenters. The highest BCUT2D eigenvalue weighted by Crippen LogP contribution is 2.22. The zero-order chi connectivity index (χ0) is 13.4. The van der Waals surface area contributed by atoms with Gasteiger partial charge in [0.15, 0.2) is 0 Å². The minimum atomic E-state index is -0.0731. The Kier molecular flexibility index (Phi) is 7.08. The lowest BCUT2D eigenvalue weighted by molar-refractivity contribution is 0.144. The van der Waals surface area contributed by atoms with Crippen LogP contribution in [-0.2, 0) is 11.3 Å². The van der Waals surface area contributed by atoms with Crippen molar-refractivity contribution in [3.05, 3.63) is 21.3 Å². The molecule has 0 aromatic carbocycles. The van der Waals surface area contributed by atoms with Gasteiger partial charge in [-0.2, -0.15) is 0 Å². The Hall–Kier alpha value is -0.780. The summed E-state index contributed by atoms with van der Waals surface area (Å²) in [5.74, 6) is 0. The van der Waals surface area contributed by atoms with Gasteiger partial charge in [-0.25, -0.2) is 4.79 Å². The average Bonchev–Trinajstić information content (AvgIpc) is 2.74. The summed E-state index contributed by atoms with van der Waals surface area (Å²) in [6, 6.07) is 3.71. The zero-order valence-electron chi connectivity index (χ0n) is 10.7. The Bertz CT molecular complexity index is 371. The molecule has 1 aromatic heterocycles. The predicted octanol–water partition coefficient (Wildman–Crippen LogP) is 2.97. The third-order valence-corrected chi connectivity index (χ3v) is 3.53. The maximum Gasteiger partial charge on any atom is 0.317 e. The Labute approximate surface area is 117 Å². The SMILES string of the molecule is CCOCCCNC(=O)N(C)Cc1ccc(Cl)s1. The number of nitrogens with zero attached hydrogens (tertiary/aromatic N) is 1. The molecular weight excluding hydrogens is 272 g/mol. The molecule has 0 fully saturated rings. The zero-order valence-corrected chi connectivity index (χ0v) is 12.3.